The Labute approximate surface area is 81.0 Å². The Bertz CT molecular complexity index is 389. The summed E-state index contributed by atoms with van der Waals surface area (Å²) >= 11 is 0. The van der Waals surface area contributed by atoms with Crippen LogP contribution >= 0.6 is 0 Å². The summed E-state index contributed by atoms with van der Waals surface area (Å²) < 4.78 is 0. The maximum absolute atomic E-state index is 8.97. The van der Waals surface area contributed by atoms with Gasteiger partial charge >= 0.3 is 0 Å². The molecule has 6 nitrogen and oxygen atoms in total. The number of fused-ring (bicyclic) bond motifs is 1. The second-order valence-electron chi connectivity index (χ2n) is 3.01. The largest absolute Gasteiger partial charge is 0.390 e. The van der Waals surface area contributed by atoms with E-state index in [9.17, 15) is 0 Å². The first-order valence-corrected chi connectivity index (χ1v) is 4.15. The number of nitrogens with two attached hydrogens (primary N) is 1. The quantitative estimate of drug-likeness (QED) is 0.549. The van der Waals surface area contributed by atoms with Gasteiger partial charge in [0.05, 0.1) is 12.3 Å². The van der Waals surface area contributed by atoms with Crippen molar-refractivity contribution in [2.75, 3.05) is 24.4 Å². The zero-order valence-electron chi connectivity index (χ0n) is 7.73. The van der Waals surface area contributed by atoms with Crippen LogP contribution in [0, 0.1) is 0 Å². The van der Waals surface area contributed by atoms with Gasteiger partial charge in [-0.15, -0.1) is 0 Å². The summed E-state index contributed by atoms with van der Waals surface area (Å²) in [6.07, 6.45) is 3.42. The minimum absolute atomic E-state index is 0.0475. The van der Waals surface area contributed by atoms with E-state index in [0.717, 1.165) is 5.56 Å². The fourth-order valence-electron chi connectivity index (χ4n) is 1.34. The van der Waals surface area contributed by atoms with Crippen molar-refractivity contribution in [3.63, 3.8) is 0 Å². The SMILES string of the molecule is CN1NC(CO)=Cc2cnc(N)nc21. The van der Waals surface area contributed by atoms with Crippen LogP contribution in [0.25, 0.3) is 6.08 Å². The number of aliphatic hydroxyl groups is 1. The number of anilines is 2. The molecule has 0 radical (unpaired) electrons. The van der Waals surface area contributed by atoms with Gasteiger partial charge in [0.15, 0.2) is 5.82 Å². The first-order valence-electron chi connectivity index (χ1n) is 4.15. The lowest BCUT2D eigenvalue weighted by Gasteiger charge is -2.27. The molecule has 2 heterocycles. The standard InChI is InChI=1S/C8H11N5O/c1-13-7-5(2-6(4-14)12-13)3-10-8(9)11-7/h2-3,12,14H,4H2,1H3,(H2,9,10,11). The van der Waals surface area contributed by atoms with Crippen LogP contribution in [0.3, 0.4) is 0 Å². The molecule has 0 spiro atoms. The lowest BCUT2D eigenvalue weighted by molar-refractivity contribution is 0.321. The Morgan fingerprint density at radius 1 is 1.64 bits per heavy atom. The Hall–Kier alpha value is -1.82. The molecular weight excluding hydrogens is 182 g/mol. The topological polar surface area (TPSA) is 87.3 Å². The van der Waals surface area contributed by atoms with Gasteiger partial charge in [0.1, 0.15) is 0 Å². The molecule has 0 fully saturated rings. The smallest absolute Gasteiger partial charge is 0.222 e. The van der Waals surface area contributed by atoms with E-state index in [1.165, 1.54) is 0 Å². The van der Waals surface area contributed by atoms with Crippen molar-refractivity contribution in [3.8, 4) is 0 Å². The highest BCUT2D eigenvalue weighted by molar-refractivity contribution is 5.68. The summed E-state index contributed by atoms with van der Waals surface area (Å²) in [5, 5.41) is 10.7. The normalized spacial score (nSPS) is 14.4. The van der Waals surface area contributed by atoms with Crippen molar-refractivity contribution in [3.05, 3.63) is 17.5 Å². The molecule has 2 rings (SSSR count). The van der Waals surface area contributed by atoms with Crippen LogP contribution in [0.5, 0.6) is 0 Å². The Morgan fingerprint density at radius 2 is 2.43 bits per heavy atom. The zero-order chi connectivity index (χ0) is 10.1. The molecule has 1 aliphatic heterocycles. The highest BCUT2D eigenvalue weighted by atomic mass is 16.3. The lowest BCUT2D eigenvalue weighted by atomic mass is 10.2. The van der Waals surface area contributed by atoms with Crippen molar-refractivity contribution in [2.24, 2.45) is 0 Å². The van der Waals surface area contributed by atoms with Gasteiger partial charge in [-0.1, -0.05) is 0 Å². The number of nitrogens with zero attached hydrogens (tertiary/aromatic N) is 3. The number of hydrogen-bond acceptors (Lipinski definition) is 6. The summed E-state index contributed by atoms with van der Waals surface area (Å²) in [4.78, 5) is 7.95. The third-order valence-corrected chi connectivity index (χ3v) is 1.94. The molecule has 0 atom stereocenters. The second kappa shape index (κ2) is 3.15. The molecule has 0 unspecified atom stereocenters. The van der Waals surface area contributed by atoms with Crippen LogP contribution in [0.1, 0.15) is 5.56 Å². The number of hydrogen-bond donors (Lipinski definition) is 3. The molecule has 1 aromatic heterocycles. The summed E-state index contributed by atoms with van der Waals surface area (Å²) in [6, 6.07) is 0. The fourth-order valence-corrected chi connectivity index (χ4v) is 1.34. The Kier molecular flexibility index (Phi) is 1.97. The third kappa shape index (κ3) is 1.35. The minimum atomic E-state index is -0.0475. The van der Waals surface area contributed by atoms with Gasteiger partial charge in [-0.25, -0.2) is 4.98 Å². The van der Waals surface area contributed by atoms with Gasteiger partial charge in [0, 0.05) is 18.8 Å². The van der Waals surface area contributed by atoms with E-state index in [1.807, 2.05) is 0 Å². The summed E-state index contributed by atoms with van der Waals surface area (Å²) in [7, 11) is 1.80. The highest BCUT2D eigenvalue weighted by Gasteiger charge is 2.15. The Morgan fingerprint density at radius 3 is 3.14 bits per heavy atom. The van der Waals surface area contributed by atoms with E-state index < -0.39 is 0 Å². The van der Waals surface area contributed by atoms with E-state index in [4.69, 9.17) is 10.8 Å². The maximum atomic E-state index is 8.97. The summed E-state index contributed by atoms with van der Waals surface area (Å²) in [5.74, 6) is 0.938. The monoisotopic (exact) mass is 193 g/mol. The molecule has 0 saturated heterocycles. The summed E-state index contributed by atoms with van der Waals surface area (Å²) in [6.45, 7) is -0.0475. The van der Waals surface area contributed by atoms with Gasteiger partial charge in [0.2, 0.25) is 5.95 Å². The van der Waals surface area contributed by atoms with Gasteiger partial charge in [-0.3, -0.25) is 10.4 Å². The highest BCUT2D eigenvalue weighted by Crippen LogP contribution is 2.22. The zero-order valence-corrected chi connectivity index (χ0v) is 7.73. The molecule has 6 heteroatoms. The van der Waals surface area contributed by atoms with E-state index in [0.29, 0.717) is 11.5 Å². The van der Waals surface area contributed by atoms with E-state index in [-0.39, 0.29) is 12.6 Å². The molecule has 0 bridgehead atoms. The van der Waals surface area contributed by atoms with Crippen molar-refractivity contribution in [2.45, 2.75) is 0 Å². The van der Waals surface area contributed by atoms with Gasteiger partial charge in [0.25, 0.3) is 0 Å². The molecule has 4 N–H and O–H groups in total. The lowest BCUT2D eigenvalue weighted by Crippen LogP contribution is -2.38. The molecular formula is C8H11N5O. The maximum Gasteiger partial charge on any atom is 0.222 e. The van der Waals surface area contributed by atoms with Crippen LogP contribution in [-0.2, 0) is 0 Å². The van der Waals surface area contributed by atoms with Crippen LogP contribution in [0.15, 0.2) is 11.9 Å². The first kappa shape index (κ1) is 8.76. The van der Waals surface area contributed by atoms with Gasteiger partial charge < -0.3 is 10.8 Å². The van der Waals surface area contributed by atoms with E-state index >= 15 is 0 Å². The number of rotatable bonds is 1. The predicted octanol–water partition coefficient (Wildman–Crippen LogP) is -0.654. The molecule has 0 aliphatic carbocycles. The summed E-state index contributed by atoms with van der Waals surface area (Å²) in [5.41, 5.74) is 9.95. The van der Waals surface area contributed by atoms with Crippen molar-refractivity contribution in [1.82, 2.24) is 15.4 Å². The molecule has 0 aromatic carbocycles. The molecule has 0 amide bonds. The van der Waals surface area contributed by atoms with Crippen LogP contribution in [-0.4, -0.2) is 28.7 Å². The van der Waals surface area contributed by atoms with Crippen LogP contribution in [0.4, 0.5) is 11.8 Å². The fraction of sp³-hybridized carbons (Fsp3) is 0.250. The number of nitrogens with one attached hydrogen (secondary N) is 1. The first-order chi connectivity index (χ1) is 6.70. The minimum Gasteiger partial charge on any atom is -0.390 e. The van der Waals surface area contributed by atoms with Crippen molar-refractivity contribution < 1.29 is 5.11 Å². The number of aromatic nitrogens is 2. The molecule has 74 valence electrons. The average molecular weight is 193 g/mol. The molecule has 1 aromatic rings. The number of hydrazine groups is 1. The second-order valence-corrected chi connectivity index (χ2v) is 3.01. The van der Waals surface area contributed by atoms with E-state index in [2.05, 4.69) is 15.4 Å². The van der Waals surface area contributed by atoms with Gasteiger partial charge in [-0.2, -0.15) is 4.98 Å². The van der Waals surface area contributed by atoms with Crippen molar-refractivity contribution >= 4 is 17.8 Å². The molecule has 0 saturated carbocycles. The predicted molar refractivity (Wildman–Crippen MR) is 53.0 cm³/mol. The van der Waals surface area contributed by atoms with Crippen molar-refractivity contribution in [1.29, 1.82) is 0 Å². The van der Waals surface area contributed by atoms with Crippen LogP contribution in [0.2, 0.25) is 0 Å². The van der Waals surface area contributed by atoms with Gasteiger partial charge in [-0.05, 0) is 6.08 Å². The van der Waals surface area contributed by atoms with E-state index in [1.54, 1.807) is 24.3 Å². The molecule has 1 aliphatic rings. The van der Waals surface area contributed by atoms with Crippen LogP contribution < -0.4 is 16.2 Å². The number of nitrogen functional groups attached to an aromatic ring is 1. The number of aliphatic hydroxyl groups excluding tert-OH is 1. The Balaban J connectivity index is 2.49. The molecule has 14 heavy (non-hydrogen) atoms. The third-order valence-electron chi connectivity index (χ3n) is 1.94. The average Bonchev–Trinajstić information content (AvgIpc) is 2.19.